The van der Waals surface area contributed by atoms with E-state index in [9.17, 15) is 14.3 Å². The van der Waals surface area contributed by atoms with Crippen molar-refractivity contribution in [2.75, 3.05) is 26.4 Å². The van der Waals surface area contributed by atoms with Crippen LogP contribution in [0.1, 0.15) is 149 Å². The SMILES string of the molecule is CCCCCCCCCCCCCC/C=C\OCC(COP(=O)(O)OCCN)OC(=O)CCC/C=C\C/C=C\C/C=C\C/C=C\CC1OC1CC. The molecule has 0 bridgehead atoms. The highest BCUT2D eigenvalue weighted by Crippen LogP contribution is 2.43. The minimum absolute atomic E-state index is 0.00494. The second kappa shape index (κ2) is 33.8. The first-order valence-corrected chi connectivity index (χ1v) is 21.4. The molecule has 0 amide bonds. The van der Waals surface area contributed by atoms with Crippen LogP contribution in [-0.2, 0) is 32.6 Å². The Balaban J connectivity index is 2.21. The van der Waals surface area contributed by atoms with Gasteiger partial charge in [0.1, 0.15) is 6.61 Å². The average Bonchev–Trinajstić information content (AvgIpc) is 3.89. The van der Waals surface area contributed by atoms with Crippen LogP contribution < -0.4 is 5.73 Å². The Kier molecular flexibility index (Phi) is 31.2. The van der Waals surface area contributed by atoms with Crippen LogP contribution in [0.5, 0.6) is 0 Å². The molecule has 1 rings (SSSR count). The van der Waals surface area contributed by atoms with Gasteiger partial charge in [0.05, 0.1) is 31.7 Å². The molecule has 0 aromatic heterocycles. The molecule has 3 N–H and O–H groups in total. The van der Waals surface area contributed by atoms with Crippen molar-refractivity contribution < 1.29 is 37.5 Å². The summed E-state index contributed by atoms with van der Waals surface area (Å²) >= 11 is 0. The Morgan fingerprint density at radius 1 is 0.725 bits per heavy atom. The van der Waals surface area contributed by atoms with E-state index in [0.29, 0.717) is 18.6 Å². The number of unbranched alkanes of at least 4 members (excludes halogenated alkanes) is 13. The summed E-state index contributed by atoms with van der Waals surface area (Å²) in [6.07, 6.45) is 43.9. The number of hydrogen-bond acceptors (Lipinski definition) is 8. The quantitative estimate of drug-likeness (QED) is 0.0161. The van der Waals surface area contributed by atoms with Crippen molar-refractivity contribution >= 4 is 13.8 Å². The van der Waals surface area contributed by atoms with Crippen LogP contribution in [0, 0.1) is 0 Å². The molecular formula is C41H72NO8P. The Morgan fingerprint density at radius 2 is 1.29 bits per heavy atom. The fraction of sp³-hybridized carbons (Fsp3) is 0.732. The fourth-order valence-corrected chi connectivity index (χ4v) is 6.18. The highest BCUT2D eigenvalue weighted by atomic mass is 31.2. The largest absolute Gasteiger partial charge is 0.498 e. The molecule has 0 spiro atoms. The molecule has 0 aromatic carbocycles. The lowest BCUT2D eigenvalue weighted by Crippen LogP contribution is -2.27. The molecule has 10 heteroatoms. The topological polar surface area (TPSA) is 130 Å². The first-order chi connectivity index (χ1) is 24.9. The number of rotatable bonds is 36. The van der Waals surface area contributed by atoms with E-state index in [1.165, 1.54) is 70.6 Å². The number of nitrogens with two attached hydrogens (primary N) is 1. The highest BCUT2D eigenvalue weighted by Gasteiger charge is 2.35. The summed E-state index contributed by atoms with van der Waals surface area (Å²) in [5, 5.41) is 0. The number of ether oxygens (including phenoxy) is 3. The first-order valence-electron chi connectivity index (χ1n) is 19.9. The fourth-order valence-electron chi connectivity index (χ4n) is 5.42. The Morgan fingerprint density at radius 3 is 1.88 bits per heavy atom. The number of esters is 1. The number of allylic oxidation sites excluding steroid dienone is 8. The van der Waals surface area contributed by atoms with Crippen molar-refractivity contribution in [1.82, 2.24) is 0 Å². The molecular weight excluding hydrogens is 665 g/mol. The molecule has 0 aromatic rings. The molecule has 1 saturated heterocycles. The van der Waals surface area contributed by atoms with Crippen LogP contribution in [0.25, 0.3) is 0 Å². The number of phosphoric acid groups is 1. The van der Waals surface area contributed by atoms with Gasteiger partial charge in [-0.2, -0.15) is 0 Å². The van der Waals surface area contributed by atoms with Gasteiger partial charge < -0.3 is 24.8 Å². The lowest BCUT2D eigenvalue weighted by molar-refractivity contribution is -0.153. The van der Waals surface area contributed by atoms with E-state index >= 15 is 0 Å². The van der Waals surface area contributed by atoms with E-state index in [-0.39, 0.29) is 32.8 Å². The summed E-state index contributed by atoms with van der Waals surface area (Å²) < 4.78 is 38.6. The molecule has 0 saturated carbocycles. The average molecular weight is 738 g/mol. The molecule has 4 atom stereocenters. The van der Waals surface area contributed by atoms with Crippen molar-refractivity contribution in [2.45, 2.75) is 167 Å². The molecule has 294 valence electrons. The normalized spacial score (nSPS) is 18.1. The van der Waals surface area contributed by atoms with Gasteiger partial charge in [0.15, 0.2) is 6.10 Å². The molecule has 1 aliphatic heterocycles. The molecule has 0 radical (unpaired) electrons. The Hall–Kier alpha value is -2.00. The predicted molar refractivity (Wildman–Crippen MR) is 209 cm³/mol. The minimum Gasteiger partial charge on any atom is -0.498 e. The highest BCUT2D eigenvalue weighted by molar-refractivity contribution is 7.47. The third-order valence-corrected chi connectivity index (χ3v) is 9.47. The van der Waals surface area contributed by atoms with Crippen molar-refractivity contribution in [3.8, 4) is 0 Å². The van der Waals surface area contributed by atoms with E-state index in [2.05, 4.69) is 62.5 Å². The zero-order chi connectivity index (χ0) is 37.1. The predicted octanol–water partition coefficient (Wildman–Crippen LogP) is 10.7. The first kappa shape index (κ1) is 47.0. The summed E-state index contributed by atoms with van der Waals surface area (Å²) in [4.78, 5) is 22.4. The molecule has 4 unspecified atom stereocenters. The van der Waals surface area contributed by atoms with Crippen molar-refractivity contribution in [3.05, 3.63) is 60.9 Å². The van der Waals surface area contributed by atoms with Crippen LogP contribution in [0.2, 0.25) is 0 Å². The molecule has 51 heavy (non-hydrogen) atoms. The molecule has 9 nitrogen and oxygen atoms in total. The lowest BCUT2D eigenvalue weighted by Gasteiger charge is -2.19. The van der Waals surface area contributed by atoms with Gasteiger partial charge in [-0.05, 0) is 63.9 Å². The van der Waals surface area contributed by atoms with Crippen LogP contribution >= 0.6 is 7.82 Å². The van der Waals surface area contributed by atoms with Crippen molar-refractivity contribution in [2.24, 2.45) is 5.73 Å². The molecule has 1 fully saturated rings. The van der Waals surface area contributed by atoms with Gasteiger partial charge in [0.25, 0.3) is 0 Å². The van der Waals surface area contributed by atoms with E-state index < -0.39 is 19.9 Å². The van der Waals surface area contributed by atoms with Crippen LogP contribution in [0.3, 0.4) is 0 Å². The summed E-state index contributed by atoms with van der Waals surface area (Å²) in [6.45, 7) is 4.05. The molecule has 0 aliphatic carbocycles. The maximum atomic E-state index is 12.5. The minimum atomic E-state index is -4.31. The van der Waals surface area contributed by atoms with Crippen LogP contribution in [0.15, 0.2) is 60.9 Å². The maximum Gasteiger partial charge on any atom is 0.472 e. The summed E-state index contributed by atoms with van der Waals surface area (Å²) in [5.74, 6) is -0.413. The Labute approximate surface area is 310 Å². The molecule has 1 aliphatic rings. The summed E-state index contributed by atoms with van der Waals surface area (Å²) in [7, 11) is -4.31. The standard InChI is InChI=1S/C41H72NO8P/c1-3-5-6-7-8-9-10-11-15-18-21-24-27-30-34-46-36-38(37-48-51(44,45)47-35-33-42)49-41(43)32-29-26-23-20-17-14-12-13-16-19-22-25-28-31-40-39(4-2)50-40/h12,14,16,19-20,23,25,28,30,34,38-40H,3-11,13,15,17-18,21-22,24,26-27,29,31-33,35-37,42H2,1-2H3,(H,44,45)/b14-12-,19-16-,23-20-,28-25-,34-30-. The monoisotopic (exact) mass is 737 g/mol. The number of carbonyl (C=O) groups is 1. The van der Waals surface area contributed by atoms with Gasteiger partial charge in [-0.15, -0.1) is 0 Å². The third kappa shape index (κ3) is 31.3. The zero-order valence-corrected chi connectivity index (χ0v) is 32.9. The number of carbonyl (C=O) groups excluding carboxylic acids is 1. The van der Waals surface area contributed by atoms with Gasteiger partial charge >= 0.3 is 13.8 Å². The summed E-state index contributed by atoms with van der Waals surface area (Å²) in [5.41, 5.74) is 5.35. The zero-order valence-electron chi connectivity index (χ0n) is 32.0. The Bertz CT molecular complexity index is 1030. The second-order valence-electron chi connectivity index (χ2n) is 13.2. The van der Waals surface area contributed by atoms with Gasteiger partial charge in [-0.3, -0.25) is 13.8 Å². The number of epoxide rings is 1. The second-order valence-corrected chi connectivity index (χ2v) is 14.7. The molecule has 1 heterocycles. The lowest BCUT2D eigenvalue weighted by atomic mass is 10.0. The number of hydrogen-bond donors (Lipinski definition) is 2. The van der Waals surface area contributed by atoms with Gasteiger partial charge in [0.2, 0.25) is 0 Å². The van der Waals surface area contributed by atoms with Crippen molar-refractivity contribution in [1.29, 1.82) is 0 Å². The van der Waals surface area contributed by atoms with Crippen molar-refractivity contribution in [3.63, 3.8) is 0 Å². The van der Waals surface area contributed by atoms with Gasteiger partial charge in [-0.25, -0.2) is 4.57 Å². The number of phosphoric ester groups is 1. The van der Waals surface area contributed by atoms with Crippen LogP contribution in [0.4, 0.5) is 0 Å². The van der Waals surface area contributed by atoms with Gasteiger partial charge in [-0.1, -0.05) is 133 Å². The van der Waals surface area contributed by atoms with Crippen LogP contribution in [-0.4, -0.2) is 55.5 Å². The third-order valence-electron chi connectivity index (χ3n) is 8.49. The summed E-state index contributed by atoms with van der Waals surface area (Å²) in [6, 6.07) is 0. The maximum absolute atomic E-state index is 12.5. The van der Waals surface area contributed by atoms with E-state index in [1.807, 2.05) is 6.08 Å². The van der Waals surface area contributed by atoms with Gasteiger partial charge in [0, 0.05) is 13.0 Å². The van der Waals surface area contributed by atoms with E-state index in [0.717, 1.165) is 51.4 Å². The van der Waals surface area contributed by atoms with E-state index in [1.54, 1.807) is 6.26 Å². The smallest absolute Gasteiger partial charge is 0.472 e. The van der Waals surface area contributed by atoms with E-state index in [4.69, 9.17) is 29.0 Å².